The maximum atomic E-state index is 13.4. The first-order valence-electron chi connectivity index (χ1n) is 14.2. The fourth-order valence-electron chi connectivity index (χ4n) is 5.96. The predicted molar refractivity (Wildman–Crippen MR) is 160 cm³/mol. The molecule has 8 heteroatoms. The molecule has 1 unspecified atom stereocenters. The molecule has 0 amide bonds. The second-order valence-corrected chi connectivity index (χ2v) is 26.0. The molecule has 1 atom stereocenters. The van der Waals surface area contributed by atoms with Crippen molar-refractivity contribution in [2.75, 3.05) is 7.11 Å². The molecule has 210 valence electrons. The number of fused-ring (bicyclic) bond motifs is 1. The van der Waals surface area contributed by atoms with Crippen LogP contribution in [0.2, 0.25) is 18.3 Å². The summed E-state index contributed by atoms with van der Waals surface area (Å²) >= 11 is 3.03. The summed E-state index contributed by atoms with van der Waals surface area (Å²) in [6.45, 7) is 6.78. The van der Waals surface area contributed by atoms with Crippen molar-refractivity contribution in [2.45, 2.75) is 103 Å². The van der Waals surface area contributed by atoms with Gasteiger partial charge in [0.15, 0.2) is 0 Å². The minimum atomic E-state index is -3.66. The van der Waals surface area contributed by atoms with E-state index in [4.69, 9.17) is 16.3 Å². The summed E-state index contributed by atoms with van der Waals surface area (Å²) < 4.78 is 39.5. The summed E-state index contributed by atoms with van der Waals surface area (Å²) in [4.78, 5) is 13.6. The molecule has 2 aromatic rings. The van der Waals surface area contributed by atoms with Crippen LogP contribution in [0.5, 0.6) is 0 Å². The average Bonchev–Trinajstić information content (AvgIpc) is 2.92. The van der Waals surface area contributed by atoms with E-state index in [9.17, 15) is 13.2 Å². The topological polar surface area (TPSA) is 72.5 Å². The summed E-state index contributed by atoms with van der Waals surface area (Å²) in [5.41, 5.74) is 2.97. The molecule has 0 heterocycles. The second kappa shape index (κ2) is 14.5. The third kappa shape index (κ3) is 7.55. The van der Waals surface area contributed by atoms with Gasteiger partial charge in [-0.2, -0.15) is 0 Å². The Morgan fingerprint density at radius 3 is 2.08 bits per heavy atom. The Hall–Kier alpha value is -1.09. The van der Waals surface area contributed by atoms with Gasteiger partial charge < -0.3 is 0 Å². The van der Waals surface area contributed by atoms with Gasteiger partial charge in [0.05, 0.1) is 0 Å². The van der Waals surface area contributed by atoms with Crippen LogP contribution in [0.15, 0.2) is 41.3 Å². The summed E-state index contributed by atoms with van der Waals surface area (Å²) in [7, 11) is -2.18. The quantitative estimate of drug-likeness (QED) is 0.174. The monoisotopic (exact) mass is 669 g/mol. The maximum absolute atomic E-state index is 13.4. The molecule has 2 aromatic carbocycles. The first-order chi connectivity index (χ1) is 18.2. The van der Waals surface area contributed by atoms with Crippen LogP contribution in [0.1, 0.15) is 87.2 Å². The zero-order valence-corrected chi connectivity index (χ0v) is 27.9. The van der Waals surface area contributed by atoms with E-state index in [-0.39, 0.29) is 16.9 Å². The third-order valence-electron chi connectivity index (χ3n) is 8.05. The fourth-order valence-corrected chi connectivity index (χ4v) is 24.1. The van der Waals surface area contributed by atoms with Crippen molar-refractivity contribution < 1.29 is 17.9 Å². The van der Waals surface area contributed by atoms with Crippen LogP contribution in [0, 0.1) is 0 Å². The summed E-state index contributed by atoms with van der Waals surface area (Å²) in [6.07, 6.45) is 9.04. The molecule has 1 N–H and O–H groups in total. The normalized spacial score (nSPS) is 15.8. The molecule has 0 aliphatic heterocycles. The van der Waals surface area contributed by atoms with E-state index >= 15 is 0 Å². The number of carbonyl (C=O) groups is 1. The summed E-state index contributed by atoms with van der Waals surface area (Å²) in [6, 6.07) is 10.4. The Balaban J connectivity index is 2.00. The van der Waals surface area contributed by atoms with Crippen LogP contribution in [0.3, 0.4) is 0 Å². The number of ether oxygens (including phenoxy) is 1. The van der Waals surface area contributed by atoms with Crippen LogP contribution < -0.4 is 8.30 Å². The Morgan fingerprint density at radius 1 is 0.974 bits per heavy atom. The average molecular weight is 669 g/mol. The molecule has 0 saturated heterocycles. The van der Waals surface area contributed by atoms with Crippen molar-refractivity contribution in [3.63, 3.8) is 0 Å². The van der Waals surface area contributed by atoms with Gasteiger partial charge in [-0.3, -0.25) is 0 Å². The van der Waals surface area contributed by atoms with Gasteiger partial charge in [-0.05, 0) is 0 Å². The van der Waals surface area contributed by atoms with Crippen molar-refractivity contribution >= 4 is 49.5 Å². The van der Waals surface area contributed by atoms with Crippen LogP contribution in [0.4, 0.5) is 0 Å². The van der Waals surface area contributed by atoms with Crippen molar-refractivity contribution in [1.82, 2.24) is 4.72 Å². The van der Waals surface area contributed by atoms with Gasteiger partial charge in [-0.25, -0.2) is 0 Å². The molecule has 0 saturated carbocycles. The molecular weight excluding hydrogens is 625 g/mol. The number of halogens is 1. The Kier molecular flexibility index (Phi) is 12.0. The van der Waals surface area contributed by atoms with Gasteiger partial charge in [0, 0.05) is 0 Å². The van der Waals surface area contributed by atoms with Gasteiger partial charge in [0.1, 0.15) is 0 Å². The van der Waals surface area contributed by atoms with E-state index in [2.05, 4.69) is 37.6 Å². The zero-order chi connectivity index (χ0) is 27.8. The van der Waals surface area contributed by atoms with Gasteiger partial charge in [-0.15, -0.1) is 0 Å². The number of benzene rings is 2. The Bertz CT molecular complexity index is 1160. The van der Waals surface area contributed by atoms with E-state index in [0.29, 0.717) is 24.3 Å². The molecule has 0 spiro atoms. The molecule has 0 bridgehead atoms. The van der Waals surface area contributed by atoms with Crippen molar-refractivity contribution in [3.05, 3.63) is 58.1 Å². The number of sulfonamides is 1. The van der Waals surface area contributed by atoms with Gasteiger partial charge in [0.2, 0.25) is 0 Å². The van der Waals surface area contributed by atoms with E-state index in [1.165, 1.54) is 74.7 Å². The van der Waals surface area contributed by atoms with Crippen molar-refractivity contribution in [3.8, 4) is 0 Å². The standard InChI is InChI=1S/C18H17ClNO4S.3C4H9.Sn/c1-24-18(21)17-4-2-3-12-11-14(7-10-16(12)17)20-25(22,23)15-8-5-13(19)6-9-15;3*1-3-4-2;/h2-3,5-6,8-9,14,20H,7,10-11H2,1H3;3*1,3-4H2,2H3;. The third-order valence-corrected chi connectivity index (χ3v) is 25.5. The minimum absolute atomic E-state index is 0.208. The number of esters is 1. The predicted octanol–water partition coefficient (Wildman–Crippen LogP) is 7.02. The molecule has 3 rings (SSSR count). The molecule has 38 heavy (non-hydrogen) atoms. The number of nitrogens with one attached hydrogen (secondary N) is 1. The molecule has 0 radical (unpaired) electrons. The first kappa shape index (κ1) is 31.4. The van der Waals surface area contributed by atoms with Crippen LogP contribution in [0.25, 0.3) is 0 Å². The Labute approximate surface area is 239 Å². The second-order valence-electron chi connectivity index (χ2n) is 10.7. The fraction of sp³-hybridized carbons (Fsp3) is 0.567. The van der Waals surface area contributed by atoms with E-state index in [1.807, 2.05) is 0 Å². The molecule has 0 aromatic heterocycles. The molecule has 1 aliphatic rings. The first-order valence-corrected chi connectivity index (χ1v) is 23.6. The number of hydrogen-bond acceptors (Lipinski definition) is 4. The zero-order valence-electron chi connectivity index (χ0n) is 23.4. The number of unbranched alkanes of at least 4 members (excludes halogenated alkanes) is 3. The SMILES string of the molecule is CCC[CH2][Sn]([CH2]CCC)([CH2]CCC)[c]1ccc2c(c1C(=O)OC)CCC(NS(=O)(=O)c1ccc(Cl)cc1)C2. The van der Waals surface area contributed by atoms with Gasteiger partial charge in [-0.1, -0.05) is 11.6 Å². The number of rotatable bonds is 14. The van der Waals surface area contributed by atoms with Crippen molar-refractivity contribution in [2.24, 2.45) is 0 Å². The van der Waals surface area contributed by atoms with E-state index in [1.54, 1.807) is 12.1 Å². The van der Waals surface area contributed by atoms with Gasteiger partial charge >= 0.3 is 229 Å². The number of carbonyl (C=O) groups excluding carboxylic acids is 1. The number of methoxy groups -OCH3 is 1. The van der Waals surface area contributed by atoms with E-state index < -0.39 is 28.4 Å². The number of hydrogen-bond donors (Lipinski definition) is 1. The van der Waals surface area contributed by atoms with Crippen LogP contribution >= 0.6 is 11.6 Å². The van der Waals surface area contributed by atoms with Crippen LogP contribution in [-0.4, -0.2) is 45.9 Å². The summed E-state index contributed by atoms with van der Waals surface area (Å²) in [5.74, 6) is -0.220. The molecule has 5 nitrogen and oxygen atoms in total. The van der Waals surface area contributed by atoms with Gasteiger partial charge in [0.25, 0.3) is 0 Å². The molecule has 0 fully saturated rings. The molecule has 1 aliphatic carbocycles. The summed E-state index contributed by atoms with van der Waals surface area (Å²) in [5, 5.41) is 0.500. The molecular formula is C30H44ClNO4SSn. The van der Waals surface area contributed by atoms with Crippen molar-refractivity contribution in [1.29, 1.82) is 0 Å². The van der Waals surface area contributed by atoms with Crippen LogP contribution in [-0.2, 0) is 27.6 Å². The Morgan fingerprint density at radius 2 is 1.55 bits per heavy atom. The van der Waals surface area contributed by atoms with E-state index in [0.717, 1.165) is 16.7 Å².